The van der Waals surface area contributed by atoms with E-state index in [1.54, 1.807) is 39.1 Å². The smallest absolute Gasteiger partial charge is 0.380 e. The molecule has 1 heterocycles. The molecule has 1 aromatic heterocycles. The Balaban J connectivity index is 2.05. The fraction of sp³-hybridized carbons (Fsp3) is 0.316. The third-order valence-electron chi connectivity index (χ3n) is 4.11. The van der Waals surface area contributed by atoms with Gasteiger partial charge in [-0.15, -0.1) is 0 Å². The number of rotatable bonds is 6. The van der Waals surface area contributed by atoms with Crippen LogP contribution in [0.5, 0.6) is 0 Å². The Labute approximate surface area is 156 Å². The number of carbonyl (C=O) groups is 4. The minimum Gasteiger partial charge on any atom is -0.447 e. The predicted octanol–water partition coefficient (Wildman–Crippen LogP) is 1.99. The van der Waals surface area contributed by atoms with Gasteiger partial charge in [0.1, 0.15) is 0 Å². The first-order valence-electron chi connectivity index (χ1n) is 8.29. The average molecular weight is 371 g/mol. The van der Waals surface area contributed by atoms with Crippen LogP contribution >= 0.6 is 0 Å². The van der Waals surface area contributed by atoms with Crippen molar-refractivity contribution in [1.29, 1.82) is 0 Å². The Morgan fingerprint density at radius 1 is 1.19 bits per heavy atom. The van der Waals surface area contributed by atoms with E-state index in [0.717, 1.165) is 0 Å². The summed E-state index contributed by atoms with van der Waals surface area (Å²) in [4.78, 5) is 48.1. The Morgan fingerprint density at radius 2 is 1.85 bits per heavy atom. The number of anilines is 1. The summed E-state index contributed by atoms with van der Waals surface area (Å²) in [5.41, 5.74) is 1.95. The molecule has 8 heteroatoms. The van der Waals surface area contributed by atoms with Crippen LogP contribution in [-0.4, -0.2) is 39.3 Å². The molecule has 142 valence electrons. The van der Waals surface area contributed by atoms with Gasteiger partial charge < -0.3 is 10.1 Å². The van der Waals surface area contributed by atoms with E-state index in [0.29, 0.717) is 22.6 Å². The molecule has 0 aliphatic heterocycles. The molecular weight excluding hydrogens is 350 g/mol. The third-order valence-corrected chi connectivity index (χ3v) is 4.11. The van der Waals surface area contributed by atoms with Crippen LogP contribution in [0.3, 0.4) is 0 Å². The maximum absolute atomic E-state index is 12.3. The molecule has 1 N–H and O–H groups in total. The van der Waals surface area contributed by atoms with Crippen LogP contribution in [0.4, 0.5) is 5.69 Å². The van der Waals surface area contributed by atoms with Gasteiger partial charge in [-0.1, -0.05) is 12.1 Å². The molecule has 1 atom stereocenters. The number of ketones is 2. The zero-order chi connectivity index (χ0) is 20.3. The average Bonchev–Trinajstić information content (AvgIpc) is 2.86. The molecule has 27 heavy (non-hydrogen) atoms. The van der Waals surface area contributed by atoms with Crippen molar-refractivity contribution in [3.63, 3.8) is 0 Å². The van der Waals surface area contributed by atoms with E-state index in [1.807, 2.05) is 0 Å². The largest absolute Gasteiger partial charge is 0.447 e. The van der Waals surface area contributed by atoms with E-state index in [-0.39, 0.29) is 11.3 Å². The lowest BCUT2D eigenvalue weighted by molar-refractivity contribution is -0.148. The summed E-state index contributed by atoms with van der Waals surface area (Å²) in [6.07, 6.45) is -1.19. The van der Waals surface area contributed by atoms with Crippen LogP contribution in [-0.2, 0) is 21.4 Å². The maximum atomic E-state index is 12.3. The van der Waals surface area contributed by atoms with Gasteiger partial charge in [0.15, 0.2) is 11.9 Å². The van der Waals surface area contributed by atoms with Gasteiger partial charge in [-0.25, -0.2) is 4.79 Å². The van der Waals surface area contributed by atoms with Gasteiger partial charge in [-0.2, -0.15) is 5.10 Å². The molecule has 0 bridgehead atoms. The summed E-state index contributed by atoms with van der Waals surface area (Å²) in [6.45, 7) is 6.06. The molecule has 0 aliphatic carbocycles. The van der Waals surface area contributed by atoms with Crippen molar-refractivity contribution in [3.8, 4) is 0 Å². The second kappa shape index (κ2) is 7.94. The van der Waals surface area contributed by atoms with Gasteiger partial charge in [0.2, 0.25) is 0 Å². The van der Waals surface area contributed by atoms with Crippen molar-refractivity contribution < 1.29 is 23.9 Å². The van der Waals surface area contributed by atoms with E-state index >= 15 is 0 Å². The SMILES string of the molecule is CC(=O)c1cccc(NC(=O)C(C)OC(=O)C(=O)c2c(C)nn(C)c2C)c1. The molecule has 0 aliphatic rings. The number of nitrogens with one attached hydrogen (secondary N) is 1. The molecular formula is C19H21N3O5. The molecule has 1 unspecified atom stereocenters. The zero-order valence-corrected chi connectivity index (χ0v) is 15.8. The highest BCUT2D eigenvalue weighted by atomic mass is 16.6. The molecule has 1 amide bonds. The van der Waals surface area contributed by atoms with E-state index in [2.05, 4.69) is 10.4 Å². The topological polar surface area (TPSA) is 107 Å². The summed E-state index contributed by atoms with van der Waals surface area (Å²) >= 11 is 0. The van der Waals surface area contributed by atoms with Gasteiger partial charge >= 0.3 is 5.97 Å². The van der Waals surface area contributed by atoms with E-state index in [4.69, 9.17) is 4.74 Å². The summed E-state index contributed by atoms with van der Waals surface area (Å²) in [7, 11) is 1.66. The van der Waals surface area contributed by atoms with Crippen LogP contribution in [0.15, 0.2) is 24.3 Å². The summed E-state index contributed by atoms with van der Waals surface area (Å²) in [5, 5.41) is 6.64. The third kappa shape index (κ3) is 4.46. The van der Waals surface area contributed by atoms with Gasteiger partial charge in [-0.05, 0) is 39.8 Å². The summed E-state index contributed by atoms with van der Waals surface area (Å²) < 4.78 is 6.49. The molecule has 8 nitrogen and oxygen atoms in total. The molecule has 2 aromatic rings. The number of esters is 1. The highest BCUT2D eigenvalue weighted by Gasteiger charge is 2.28. The normalized spacial score (nSPS) is 11.6. The Morgan fingerprint density at radius 3 is 2.41 bits per heavy atom. The Hall–Kier alpha value is -3.29. The second-order valence-electron chi connectivity index (χ2n) is 6.17. The number of aryl methyl sites for hydroxylation is 2. The molecule has 0 spiro atoms. The molecule has 1 aromatic carbocycles. The number of hydrogen-bond donors (Lipinski definition) is 1. The lowest BCUT2D eigenvalue weighted by atomic mass is 10.1. The van der Waals surface area contributed by atoms with E-state index in [9.17, 15) is 19.2 Å². The Bertz CT molecular complexity index is 929. The van der Waals surface area contributed by atoms with Crippen LogP contribution in [0.2, 0.25) is 0 Å². The first-order chi connectivity index (χ1) is 12.6. The molecule has 0 radical (unpaired) electrons. The van der Waals surface area contributed by atoms with E-state index in [1.165, 1.54) is 24.6 Å². The van der Waals surface area contributed by atoms with Crippen molar-refractivity contribution in [3.05, 3.63) is 46.8 Å². The number of hydrogen-bond acceptors (Lipinski definition) is 6. The van der Waals surface area contributed by atoms with Gasteiger partial charge in [0, 0.05) is 24.0 Å². The second-order valence-corrected chi connectivity index (χ2v) is 6.17. The van der Waals surface area contributed by atoms with Crippen LogP contribution in [0, 0.1) is 13.8 Å². The van der Waals surface area contributed by atoms with Gasteiger partial charge in [0.05, 0.1) is 11.3 Å². The van der Waals surface area contributed by atoms with Crippen molar-refractivity contribution >= 4 is 29.1 Å². The maximum Gasteiger partial charge on any atom is 0.380 e. The monoisotopic (exact) mass is 371 g/mol. The van der Waals surface area contributed by atoms with Crippen LogP contribution < -0.4 is 5.32 Å². The van der Waals surface area contributed by atoms with Gasteiger partial charge in [0.25, 0.3) is 11.7 Å². The van der Waals surface area contributed by atoms with Gasteiger partial charge in [-0.3, -0.25) is 19.1 Å². The fourth-order valence-electron chi connectivity index (χ4n) is 2.53. The highest BCUT2D eigenvalue weighted by molar-refractivity contribution is 6.41. The molecule has 0 saturated carbocycles. The quantitative estimate of drug-likeness (QED) is 0.473. The zero-order valence-electron chi connectivity index (χ0n) is 15.8. The number of amides is 1. The predicted molar refractivity (Wildman–Crippen MR) is 97.6 cm³/mol. The Kier molecular flexibility index (Phi) is 5.89. The minimum absolute atomic E-state index is 0.140. The van der Waals surface area contributed by atoms with Crippen LogP contribution in [0.1, 0.15) is 46.0 Å². The van der Waals surface area contributed by atoms with Crippen molar-refractivity contribution in [2.75, 3.05) is 5.32 Å². The standard InChI is InChI=1S/C19H21N3O5/c1-10-16(11(2)22(5)21-10)17(24)19(26)27-13(4)18(25)20-15-8-6-7-14(9-15)12(3)23/h6-9,13H,1-5H3,(H,20,25). The van der Waals surface area contributed by atoms with Crippen LogP contribution in [0.25, 0.3) is 0 Å². The first kappa shape index (κ1) is 20.0. The van der Waals surface area contributed by atoms with E-state index < -0.39 is 23.8 Å². The number of nitrogens with zero attached hydrogens (tertiary/aromatic N) is 2. The summed E-state index contributed by atoms with van der Waals surface area (Å²) in [5.74, 6) is -2.74. The number of aromatic nitrogens is 2. The van der Waals surface area contributed by atoms with Crippen molar-refractivity contribution in [2.45, 2.75) is 33.8 Å². The fourth-order valence-corrected chi connectivity index (χ4v) is 2.53. The highest BCUT2D eigenvalue weighted by Crippen LogP contribution is 2.15. The van der Waals surface area contributed by atoms with Crippen molar-refractivity contribution in [1.82, 2.24) is 9.78 Å². The molecule has 0 saturated heterocycles. The number of carbonyl (C=O) groups excluding carboxylic acids is 4. The number of Topliss-reactive ketones (excluding diaryl/α,β-unsaturated/α-hetero) is 2. The lowest BCUT2D eigenvalue weighted by Gasteiger charge is -2.13. The molecule has 2 rings (SSSR count). The molecule has 0 fully saturated rings. The number of benzene rings is 1. The minimum atomic E-state index is -1.19. The lowest BCUT2D eigenvalue weighted by Crippen LogP contribution is -2.32. The van der Waals surface area contributed by atoms with Crippen molar-refractivity contribution in [2.24, 2.45) is 7.05 Å². The summed E-state index contributed by atoms with van der Waals surface area (Å²) in [6, 6.07) is 6.37. The first-order valence-corrected chi connectivity index (χ1v) is 8.29. The number of ether oxygens (including phenoxy) is 1.